The molecule has 0 unspecified atom stereocenters. The van der Waals surface area contributed by atoms with Gasteiger partial charge in [-0.2, -0.15) is 0 Å². The summed E-state index contributed by atoms with van der Waals surface area (Å²) in [4.78, 5) is 7.32. The van der Waals surface area contributed by atoms with E-state index in [2.05, 4.69) is 20.0 Å². The number of benzene rings is 1. The minimum Gasteiger partial charge on any atom is -0.324 e. The minimum atomic E-state index is -4.14. The van der Waals surface area contributed by atoms with Crippen molar-refractivity contribution in [3.05, 3.63) is 53.9 Å². The van der Waals surface area contributed by atoms with Crippen LogP contribution >= 0.6 is 0 Å². The van der Waals surface area contributed by atoms with Crippen molar-refractivity contribution >= 4 is 21.7 Å². The van der Waals surface area contributed by atoms with Crippen LogP contribution in [0.2, 0.25) is 0 Å². The summed E-state index contributed by atoms with van der Waals surface area (Å²) < 4.78 is 53.0. The molecule has 114 valence electrons. The van der Waals surface area contributed by atoms with Gasteiger partial charge < -0.3 is 5.32 Å². The maximum absolute atomic E-state index is 13.7. The second-order valence-corrected chi connectivity index (χ2v) is 6.14. The molecule has 1 aliphatic rings. The number of nitrogens with zero attached hydrogens (tertiary/aromatic N) is 2. The zero-order valence-corrected chi connectivity index (χ0v) is 11.9. The van der Waals surface area contributed by atoms with E-state index < -0.39 is 26.6 Å². The zero-order chi connectivity index (χ0) is 15.7. The number of aromatic nitrogens is 1. The molecular weight excluding hydrogens is 314 g/mol. The SMILES string of the molecule is O=S1(=O)NC(=NCc2cccnc2)Nc2cc(F)cc(F)c21. The summed E-state index contributed by atoms with van der Waals surface area (Å²) in [5.74, 6) is -2.16. The van der Waals surface area contributed by atoms with Gasteiger partial charge >= 0.3 is 0 Å². The molecule has 6 nitrogen and oxygen atoms in total. The normalized spacial score (nSPS) is 17.5. The van der Waals surface area contributed by atoms with E-state index >= 15 is 0 Å². The molecule has 0 saturated heterocycles. The molecule has 0 aliphatic carbocycles. The number of pyridine rings is 1. The van der Waals surface area contributed by atoms with Crippen LogP contribution in [0.25, 0.3) is 0 Å². The number of halogens is 2. The molecular formula is C13H10F2N4O2S. The smallest absolute Gasteiger partial charge is 0.269 e. The van der Waals surface area contributed by atoms with Gasteiger partial charge in [-0.1, -0.05) is 6.07 Å². The van der Waals surface area contributed by atoms with Crippen molar-refractivity contribution in [1.29, 1.82) is 0 Å². The largest absolute Gasteiger partial charge is 0.324 e. The van der Waals surface area contributed by atoms with Gasteiger partial charge in [0.25, 0.3) is 10.0 Å². The number of anilines is 1. The van der Waals surface area contributed by atoms with Crippen LogP contribution in [0, 0.1) is 11.6 Å². The highest BCUT2D eigenvalue weighted by Crippen LogP contribution is 2.28. The van der Waals surface area contributed by atoms with Gasteiger partial charge in [0.15, 0.2) is 0 Å². The summed E-state index contributed by atoms with van der Waals surface area (Å²) >= 11 is 0. The standard InChI is InChI=1S/C13H10F2N4O2S/c14-9-4-10(15)12-11(5-9)18-13(19-22(12,20)21)17-7-8-2-1-3-16-6-8/h1-6H,7H2,(H2,17,18,19). The summed E-state index contributed by atoms with van der Waals surface area (Å²) in [6, 6.07) is 4.89. The van der Waals surface area contributed by atoms with E-state index in [0.29, 0.717) is 6.07 Å². The maximum atomic E-state index is 13.7. The number of hydrogen-bond donors (Lipinski definition) is 2. The van der Waals surface area contributed by atoms with Crippen molar-refractivity contribution in [3.8, 4) is 0 Å². The summed E-state index contributed by atoms with van der Waals surface area (Å²) in [6.45, 7) is 0.159. The van der Waals surface area contributed by atoms with Gasteiger partial charge in [0.2, 0.25) is 5.96 Å². The number of rotatable bonds is 2. The molecule has 1 aromatic heterocycles. The van der Waals surface area contributed by atoms with Crippen LogP contribution in [-0.2, 0) is 16.6 Å². The third kappa shape index (κ3) is 2.75. The van der Waals surface area contributed by atoms with Crippen molar-refractivity contribution in [2.45, 2.75) is 11.4 Å². The van der Waals surface area contributed by atoms with E-state index in [1.54, 1.807) is 24.5 Å². The van der Waals surface area contributed by atoms with Gasteiger partial charge in [0.1, 0.15) is 16.5 Å². The van der Waals surface area contributed by atoms with E-state index in [1.807, 2.05) is 0 Å². The fraction of sp³-hybridized carbons (Fsp3) is 0.0769. The first kappa shape index (κ1) is 14.4. The van der Waals surface area contributed by atoms with Gasteiger partial charge in [0, 0.05) is 18.5 Å². The molecule has 0 spiro atoms. The molecule has 0 atom stereocenters. The molecule has 2 N–H and O–H groups in total. The van der Waals surface area contributed by atoms with Crippen LogP contribution in [0.5, 0.6) is 0 Å². The lowest BCUT2D eigenvalue weighted by molar-refractivity contribution is 0.548. The summed E-state index contributed by atoms with van der Waals surface area (Å²) in [5.41, 5.74) is 0.563. The first-order chi connectivity index (χ1) is 10.5. The first-order valence-electron chi connectivity index (χ1n) is 6.18. The highest BCUT2D eigenvalue weighted by Gasteiger charge is 2.30. The minimum absolute atomic E-state index is 0.110. The Hall–Kier alpha value is -2.55. The lowest BCUT2D eigenvalue weighted by Gasteiger charge is -2.21. The molecule has 0 saturated carbocycles. The van der Waals surface area contributed by atoms with Crippen molar-refractivity contribution in [1.82, 2.24) is 9.71 Å². The van der Waals surface area contributed by atoms with Gasteiger partial charge in [-0.25, -0.2) is 26.9 Å². The van der Waals surface area contributed by atoms with Crippen LogP contribution in [0.15, 0.2) is 46.5 Å². The lowest BCUT2D eigenvalue weighted by Crippen LogP contribution is -2.41. The van der Waals surface area contributed by atoms with Crippen LogP contribution in [0.4, 0.5) is 14.5 Å². The van der Waals surface area contributed by atoms with E-state index in [0.717, 1.165) is 11.6 Å². The Labute approximate surface area is 125 Å². The van der Waals surface area contributed by atoms with Crippen LogP contribution in [0.3, 0.4) is 0 Å². The Kier molecular flexibility index (Phi) is 3.49. The van der Waals surface area contributed by atoms with Crippen LogP contribution in [-0.4, -0.2) is 19.4 Å². The lowest BCUT2D eigenvalue weighted by atomic mass is 10.3. The fourth-order valence-corrected chi connectivity index (χ4v) is 3.18. The van der Waals surface area contributed by atoms with Gasteiger partial charge in [-0.15, -0.1) is 0 Å². The molecule has 0 amide bonds. The third-order valence-corrected chi connectivity index (χ3v) is 4.32. The number of sulfonamides is 1. The number of guanidine groups is 1. The highest BCUT2D eigenvalue weighted by molar-refractivity contribution is 7.90. The van der Waals surface area contributed by atoms with Crippen molar-refractivity contribution in [3.63, 3.8) is 0 Å². The van der Waals surface area contributed by atoms with E-state index in [4.69, 9.17) is 0 Å². The second-order valence-electron chi connectivity index (χ2n) is 4.52. The van der Waals surface area contributed by atoms with Gasteiger partial charge in [0.05, 0.1) is 12.2 Å². The summed E-state index contributed by atoms with van der Waals surface area (Å²) in [7, 11) is -4.14. The maximum Gasteiger partial charge on any atom is 0.269 e. The second kappa shape index (κ2) is 5.34. The Morgan fingerprint density at radius 2 is 2.09 bits per heavy atom. The number of hydrogen-bond acceptors (Lipinski definition) is 4. The number of aliphatic imine (C=N–C) groups is 1. The number of nitrogens with one attached hydrogen (secondary N) is 2. The van der Waals surface area contributed by atoms with Gasteiger partial charge in [-0.3, -0.25) is 4.98 Å². The Morgan fingerprint density at radius 1 is 1.27 bits per heavy atom. The fourth-order valence-electron chi connectivity index (χ4n) is 1.99. The topological polar surface area (TPSA) is 83.5 Å². The monoisotopic (exact) mass is 324 g/mol. The average molecular weight is 324 g/mol. The van der Waals surface area contributed by atoms with E-state index in [-0.39, 0.29) is 18.2 Å². The number of fused-ring (bicyclic) bond motifs is 1. The predicted molar refractivity (Wildman–Crippen MR) is 75.7 cm³/mol. The molecule has 1 aliphatic heterocycles. The van der Waals surface area contributed by atoms with Crippen molar-refractivity contribution in [2.75, 3.05) is 5.32 Å². The molecule has 0 bridgehead atoms. The summed E-state index contributed by atoms with van der Waals surface area (Å²) in [6.07, 6.45) is 3.18. The summed E-state index contributed by atoms with van der Waals surface area (Å²) in [5, 5.41) is 2.56. The molecule has 0 radical (unpaired) electrons. The predicted octanol–water partition coefficient (Wildman–Crippen LogP) is 1.62. The average Bonchev–Trinajstić information content (AvgIpc) is 2.44. The quantitative estimate of drug-likeness (QED) is 0.879. The van der Waals surface area contributed by atoms with Crippen molar-refractivity contribution in [2.24, 2.45) is 4.99 Å². The molecule has 1 aromatic carbocycles. The molecule has 3 rings (SSSR count). The Bertz CT molecular complexity index is 854. The molecule has 9 heteroatoms. The van der Waals surface area contributed by atoms with Crippen LogP contribution in [0.1, 0.15) is 5.56 Å². The first-order valence-corrected chi connectivity index (χ1v) is 7.66. The van der Waals surface area contributed by atoms with Gasteiger partial charge in [-0.05, 0) is 17.7 Å². The van der Waals surface area contributed by atoms with Crippen molar-refractivity contribution < 1.29 is 17.2 Å². The zero-order valence-electron chi connectivity index (χ0n) is 11.0. The molecule has 2 aromatic rings. The molecule has 0 fully saturated rings. The third-order valence-electron chi connectivity index (χ3n) is 2.90. The van der Waals surface area contributed by atoms with E-state index in [1.165, 1.54) is 0 Å². The molecule has 2 heterocycles. The highest BCUT2D eigenvalue weighted by atomic mass is 32.2. The molecule has 22 heavy (non-hydrogen) atoms. The Morgan fingerprint density at radius 3 is 2.82 bits per heavy atom. The van der Waals surface area contributed by atoms with Crippen LogP contribution < -0.4 is 10.0 Å². The Balaban J connectivity index is 1.95. The van der Waals surface area contributed by atoms with E-state index in [9.17, 15) is 17.2 Å².